The zero-order valence-electron chi connectivity index (χ0n) is 10.3. The van der Waals surface area contributed by atoms with E-state index in [0.29, 0.717) is 6.54 Å². The van der Waals surface area contributed by atoms with Gasteiger partial charge in [0.2, 0.25) is 5.78 Å². The van der Waals surface area contributed by atoms with Crippen LogP contribution >= 0.6 is 0 Å². The molecule has 3 aromatic heterocycles. The number of rotatable bonds is 2. The molecule has 0 aliphatic rings. The maximum absolute atomic E-state index is 5.74. The second-order valence-electron chi connectivity index (χ2n) is 4.18. The van der Waals surface area contributed by atoms with Crippen molar-refractivity contribution in [1.82, 2.24) is 24.1 Å². The Morgan fingerprint density at radius 3 is 2.67 bits per heavy atom. The van der Waals surface area contributed by atoms with E-state index in [-0.39, 0.29) is 0 Å². The maximum atomic E-state index is 5.74. The van der Waals surface area contributed by atoms with E-state index < -0.39 is 0 Å². The van der Waals surface area contributed by atoms with E-state index in [9.17, 15) is 0 Å². The summed E-state index contributed by atoms with van der Waals surface area (Å²) in [7, 11) is 1.95. The molecule has 0 radical (unpaired) electrons. The van der Waals surface area contributed by atoms with Crippen LogP contribution in [-0.2, 0) is 13.6 Å². The Bertz CT molecular complexity index is 694. The van der Waals surface area contributed by atoms with Crippen LogP contribution in [0.2, 0.25) is 0 Å². The summed E-state index contributed by atoms with van der Waals surface area (Å²) in [5, 5.41) is 4.58. The van der Waals surface area contributed by atoms with E-state index in [1.54, 1.807) is 12.4 Å². The molecule has 0 aromatic carbocycles. The fourth-order valence-corrected chi connectivity index (χ4v) is 2.10. The van der Waals surface area contributed by atoms with Gasteiger partial charge in [0, 0.05) is 31.5 Å². The van der Waals surface area contributed by atoms with Gasteiger partial charge in [0.1, 0.15) is 0 Å². The first-order chi connectivity index (χ1) is 8.72. The van der Waals surface area contributed by atoms with Gasteiger partial charge in [0.25, 0.3) is 0 Å². The fraction of sp³-hybridized carbons (Fsp3) is 0.250. The number of nitrogens with two attached hydrogens (primary N) is 1. The lowest BCUT2D eigenvalue weighted by atomic mass is 10.2. The summed E-state index contributed by atoms with van der Waals surface area (Å²) in [6.45, 7) is 2.38. The van der Waals surface area contributed by atoms with Crippen LogP contribution in [0.1, 0.15) is 11.4 Å². The first-order valence-electron chi connectivity index (χ1n) is 5.73. The summed E-state index contributed by atoms with van der Waals surface area (Å²) in [4.78, 5) is 8.51. The standard InChI is InChI=1S/C12H14N6/c1-8-10(7-13)18-12(15-8)17(2)11(16-18)9-3-5-14-6-4-9/h3-6H,7,13H2,1-2H3. The predicted octanol–water partition coefficient (Wildman–Crippen LogP) is 0.897. The summed E-state index contributed by atoms with van der Waals surface area (Å²) in [5.74, 6) is 1.66. The number of aromatic nitrogens is 5. The highest BCUT2D eigenvalue weighted by molar-refractivity contribution is 5.57. The van der Waals surface area contributed by atoms with Crippen LogP contribution < -0.4 is 5.73 Å². The number of pyridine rings is 1. The largest absolute Gasteiger partial charge is 0.325 e. The van der Waals surface area contributed by atoms with Crippen LogP contribution in [0.5, 0.6) is 0 Å². The molecule has 3 heterocycles. The molecular formula is C12H14N6. The van der Waals surface area contributed by atoms with Crippen molar-refractivity contribution in [3.63, 3.8) is 0 Å². The number of hydrogen-bond donors (Lipinski definition) is 1. The molecule has 2 N–H and O–H groups in total. The number of nitrogens with zero attached hydrogens (tertiary/aromatic N) is 5. The van der Waals surface area contributed by atoms with Crippen LogP contribution in [0.4, 0.5) is 0 Å². The van der Waals surface area contributed by atoms with Gasteiger partial charge in [-0.25, -0.2) is 4.98 Å². The van der Waals surface area contributed by atoms with Gasteiger partial charge in [-0.2, -0.15) is 4.52 Å². The van der Waals surface area contributed by atoms with E-state index >= 15 is 0 Å². The predicted molar refractivity (Wildman–Crippen MR) is 67.8 cm³/mol. The lowest BCUT2D eigenvalue weighted by Crippen LogP contribution is -2.03. The summed E-state index contributed by atoms with van der Waals surface area (Å²) in [5.41, 5.74) is 8.62. The van der Waals surface area contributed by atoms with Crippen molar-refractivity contribution in [3.05, 3.63) is 35.9 Å². The van der Waals surface area contributed by atoms with E-state index in [1.807, 2.05) is 35.2 Å². The van der Waals surface area contributed by atoms with Crippen molar-refractivity contribution < 1.29 is 0 Å². The van der Waals surface area contributed by atoms with Gasteiger partial charge in [0.15, 0.2) is 5.82 Å². The summed E-state index contributed by atoms with van der Waals surface area (Å²) >= 11 is 0. The quantitative estimate of drug-likeness (QED) is 0.724. The van der Waals surface area contributed by atoms with Gasteiger partial charge < -0.3 is 5.73 Å². The van der Waals surface area contributed by atoms with Crippen LogP contribution in [0, 0.1) is 6.92 Å². The zero-order valence-corrected chi connectivity index (χ0v) is 10.3. The second kappa shape index (κ2) is 3.92. The van der Waals surface area contributed by atoms with Crippen molar-refractivity contribution in [2.75, 3.05) is 0 Å². The third-order valence-electron chi connectivity index (χ3n) is 3.07. The van der Waals surface area contributed by atoms with Gasteiger partial charge in [-0.3, -0.25) is 9.55 Å². The summed E-state index contributed by atoms with van der Waals surface area (Å²) in [6.07, 6.45) is 3.50. The van der Waals surface area contributed by atoms with Crippen LogP contribution in [-0.4, -0.2) is 24.1 Å². The van der Waals surface area contributed by atoms with E-state index in [1.165, 1.54) is 0 Å². The smallest absolute Gasteiger partial charge is 0.232 e. The number of hydrogen-bond acceptors (Lipinski definition) is 4. The zero-order chi connectivity index (χ0) is 12.7. The Morgan fingerprint density at radius 2 is 2.00 bits per heavy atom. The molecule has 3 rings (SSSR count). The van der Waals surface area contributed by atoms with Crippen LogP contribution in [0.3, 0.4) is 0 Å². The van der Waals surface area contributed by atoms with Crippen molar-refractivity contribution in [1.29, 1.82) is 0 Å². The van der Waals surface area contributed by atoms with Crippen molar-refractivity contribution >= 4 is 5.78 Å². The molecule has 0 fully saturated rings. The molecule has 6 heteroatoms. The number of imidazole rings is 1. The molecule has 0 aliphatic carbocycles. The van der Waals surface area contributed by atoms with Gasteiger partial charge in [-0.1, -0.05) is 0 Å². The van der Waals surface area contributed by atoms with Crippen molar-refractivity contribution in [2.24, 2.45) is 12.8 Å². The molecule has 6 nitrogen and oxygen atoms in total. The average molecular weight is 242 g/mol. The monoisotopic (exact) mass is 242 g/mol. The van der Waals surface area contributed by atoms with Crippen LogP contribution in [0.25, 0.3) is 17.2 Å². The van der Waals surface area contributed by atoms with Crippen molar-refractivity contribution in [2.45, 2.75) is 13.5 Å². The SMILES string of the molecule is Cc1nc2n(C)c(-c3ccncc3)nn2c1CN. The lowest BCUT2D eigenvalue weighted by Gasteiger charge is -1.99. The van der Waals surface area contributed by atoms with Gasteiger partial charge in [-0.15, -0.1) is 5.10 Å². The molecule has 0 saturated heterocycles. The highest BCUT2D eigenvalue weighted by Crippen LogP contribution is 2.20. The minimum absolute atomic E-state index is 0.430. The number of aryl methyl sites for hydroxylation is 2. The fourth-order valence-electron chi connectivity index (χ4n) is 2.10. The molecule has 0 unspecified atom stereocenters. The highest BCUT2D eigenvalue weighted by Gasteiger charge is 2.16. The first kappa shape index (κ1) is 10.9. The minimum atomic E-state index is 0.430. The topological polar surface area (TPSA) is 74.0 Å². The van der Waals surface area contributed by atoms with E-state index in [4.69, 9.17) is 5.73 Å². The molecule has 0 aliphatic heterocycles. The molecule has 0 amide bonds. The Morgan fingerprint density at radius 1 is 1.28 bits per heavy atom. The lowest BCUT2D eigenvalue weighted by molar-refractivity contribution is 0.859. The molecule has 0 atom stereocenters. The highest BCUT2D eigenvalue weighted by atomic mass is 15.4. The molecule has 3 aromatic rings. The Balaban J connectivity index is 2.27. The average Bonchev–Trinajstić information content (AvgIpc) is 2.87. The summed E-state index contributed by atoms with van der Waals surface area (Å²) in [6, 6.07) is 3.85. The van der Waals surface area contributed by atoms with Gasteiger partial charge >= 0.3 is 0 Å². The Kier molecular flexibility index (Phi) is 2.38. The molecule has 18 heavy (non-hydrogen) atoms. The molecule has 92 valence electrons. The van der Waals surface area contributed by atoms with E-state index in [2.05, 4.69) is 15.1 Å². The normalized spacial score (nSPS) is 11.3. The second-order valence-corrected chi connectivity index (χ2v) is 4.18. The molecule has 0 bridgehead atoms. The van der Waals surface area contributed by atoms with Gasteiger partial charge in [-0.05, 0) is 19.1 Å². The number of fused-ring (bicyclic) bond motifs is 1. The van der Waals surface area contributed by atoms with Crippen molar-refractivity contribution in [3.8, 4) is 11.4 Å². The molecule has 0 saturated carbocycles. The third-order valence-corrected chi connectivity index (χ3v) is 3.07. The molecule has 0 spiro atoms. The molecular weight excluding hydrogens is 228 g/mol. The third kappa shape index (κ3) is 1.42. The van der Waals surface area contributed by atoms with Crippen LogP contribution in [0.15, 0.2) is 24.5 Å². The van der Waals surface area contributed by atoms with E-state index in [0.717, 1.165) is 28.6 Å². The first-order valence-corrected chi connectivity index (χ1v) is 5.73. The Labute approximate surface area is 104 Å². The van der Waals surface area contributed by atoms with Gasteiger partial charge in [0.05, 0.1) is 11.4 Å². The summed E-state index contributed by atoms with van der Waals surface area (Å²) < 4.78 is 3.77. The minimum Gasteiger partial charge on any atom is -0.325 e. The maximum Gasteiger partial charge on any atom is 0.232 e. The Hall–Kier alpha value is -2.21.